The molecule has 1 aromatic heterocycles. The van der Waals surface area contributed by atoms with E-state index in [0.29, 0.717) is 17.3 Å². The molecule has 1 N–H and O–H groups in total. The summed E-state index contributed by atoms with van der Waals surface area (Å²) in [6.07, 6.45) is 7.14. The number of carboxylic acid groups (broad SMARTS) is 1. The maximum atomic E-state index is 13.3. The second kappa shape index (κ2) is 10.7. The van der Waals surface area contributed by atoms with E-state index in [1.807, 2.05) is 4.90 Å². The van der Waals surface area contributed by atoms with Gasteiger partial charge in [-0.2, -0.15) is 0 Å². The Labute approximate surface area is 194 Å². The molecule has 2 saturated heterocycles. The Morgan fingerprint density at radius 1 is 1.22 bits per heavy atom. The van der Waals surface area contributed by atoms with Gasteiger partial charge < -0.3 is 19.8 Å². The molecule has 178 valence electrons. The number of fused-ring (bicyclic) bond motifs is 2. The lowest BCUT2D eigenvalue weighted by Crippen LogP contribution is -2.43. The van der Waals surface area contributed by atoms with Gasteiger partial charge in [-0.3, -0.25) is 14.4 Å². The zero-order valence-electron chi connectivity index (χ0n) is 19.5. The first-order valence-corrected chi connectivity index (χ1v) is 12.4. The van der Waals surface area contributed by atoms with Crippen LogP contribution in [0, 0.1) is 11.3 Å². The van der Waals surface area contributed by atoms with Gasteiger partial charge in [-0.25, -0.2) is 4.98 Å². The highest BCUT2D eigenvalue weighted by atomic mass is 32.1. The standard InChI is InChI=1S/C22H34N4O2S.CH2O2/c1-4-5-10-19(27)25-11-16-12-26(15-22(16,14-25)13-24(2)3)21(28)20-23-17-8-6-7-9-18(17)29-20;2-1-3/h16H,4-15H2,1-3H3;1H,(H,2,3)/t16-,22+;/m1./s1. The van der Waals surface area contributed by atoms with Crippen molar-refractivity contribution >= 4 is 29.6 Å². The molecule has 8 nitrogen and oxygen atoms in total. The predicted molar refractivity (Wildman–Crippen MR) is 124 cm³/mol. The monoisotopic (exact) mass is 464 g/mol. The summed E-state index contributed by atoms with van der Waals surface area (Å²) < 4.78 is 0. The van der Waals surface area contributed by atoms with Gasteiger partial charge >= 0.3 is 0 Å². The van der Waals surface area contributed by atoms with E-state index in [9.17, 15) is 9.59 Å². The molecular weight excluding hydrogens is 428 g/mol. The number of hydrogen-bond donors (Lipinski definition) is 1. The van der Waals surface area contributed by atoms with Gasteiger partial charge in [0.15, 0.2) is 5.01 Å². The molecule has 0 radical (unpaired) electrons. The summed E-state index contributed by atoms with van der Waals surface area (Å²) in [5, 5.41) is 7.56. The molecule has 1 aromatic rings. The minimum absolute atomic E-state index is 0.0160. The summed E-state index contributed by atoms with van der Waals surface area (Å²) >= 11 is 1.61. The summed E-state index contributed by atoms with van der Waals surface area (Å²) in [6.45, 7) is 5.82. The molecule has 0 aromatic carbocycles. The number of amides is 2. The fraction of sp³-hybridized carbons (Fsp3) is 0.739. The van der Waals surface area contributed by atoms with Gasteiger partial charge in [0.05, 0.1) is 5.69 Å². The van der Waals surface area contributed by atoms with Crippen LogP contribution in [-0.2, 0) is 22.4 Å². The van der Waals surface area contributed by atoms with E-state index >= 15 is 0 Å². The number of aromatic nitrogens is 1. The van der Waals surface area contributed by atoms with Gasteiger partial charge in [0, 0.05) is 55.4 Å². The number of hydrogen-bond acceptors (Lipinski definition) is 6. The van der Waals surface area contributed by atoms with Crippen LogP contribution in [-0.4, -0.2) is 89.9 Å². The van der Waals surface area contributed by atoms with Gasteiger partial charge in [0.2, 0.25) is 5.91 Å². The molecule has 32 heavy (non-hydrogen) atoms. The van der Waals surface area contributed by atoms with Crippen LogP contribution in [0.15, 0.2) is 0 Å². The van der Waals surface area contributed by atoms with E-state index in [1.54, 1.807) is 11.3 Å². The SMILES string of the molecule is CCCCC(=O)N1C[C@@H]2CN(C(=O)c3nc4c(s3)CCCC4)C[C@]2(CN(C)C)C1.O=CO. The molecule has 0 saturated carbocycles. The zero-order chi connectivity index (χ0) is 23.3. The first kappa shape index (κ1) is 24.6. The largest absolute Gasteiger partial charge is 0.483 e. The van der Waals surface area contributed by atoms with Crippen LogP contribution >= 0.6 is 11.3 Å². The maximum Gasteiger partial charge on any atom is 0.290 e. The van der Waals surface area contributed by atoms with Crippen molar-refractivity contribution in [3.05, 3.63) is 15.6 Å². The number of likely N-dealkylation sites (tertiary alicyclic amines) is 2. The van der Waals surface area contributed by atoms with E-state index in [4.69, 9.17) is 14.9 Å². The smallest absolute Gasteiger partial charge is 0.290 e. The average Bonchev–Trinajstić information content (AvgIpc) is 3.41. The number of unbranched alkanes of at least 4 members (excludes halogenated alkanes) is 1. The Kier molecular flexibility index (Phi) is 8.27. The molecular formula is C23H36N4O4S. The topological polar surface area (TPSA) is 94.1 Å². The van der Waals surface area contributed by atoms with Gasteiger partial charge in [0.25, 0.3) is 12.4 Å². The van der Waals surface area contributed by atoms with Gasteiger partial charge in [-0.05, 0) is 46.2 Å². The number of carbonyl (C=O) groups excluding carboxylic acids is 2. The van der Waals surface area contributed by atoms with Crippen LogP contribution in [0.5, 0.6) is 0 Å². The molecule has 9 heteroatoms. The van der Waals surface area contributed by atoms with E-state index < -0.39 is 0 Å². The third-order valence-electron chi connectivity index (χ3n) is 6.80. The van der Waals surface area contributed by atoms with Crippen LogP contribution in [0.25, 0.3) is 0 Å². The van der Waals surface area contributed by atoms with Gasteiger partial charge in [0.1, 0.15) is 0 Å². The zero-order valence-corrected chi connectivity index (χ0v) is 20.3. The molecule has 3 aliphatic rings. The second-order valence-corrected chi connectivity index (χ2v) is 10.6. The molecule has 3 heterocycles. The first-order valence-electron chi connectivity index (χ1n) is 11.6. The molecule has 2 atom stereocenters. The van der Waals surface area contributed by atoms with E-state index in [0.717, 1.165) is 64.1 Å². The normalized spacial score (nSPS) is 24.1. The second-order valence-electron chi connectivity index (χ2n) is 9.56. The fourth-order valence-corrected chi connectivity index (χ4v) is 6.56. The fourth-order valence-electron chi connectivity index (χ4n) is 5.44. The summed E-state index contributed by atoms with van der Waals surface area (Å²) in [5.74, 6) is 0.736. The summed E-state index contributed by atoms with van der Waals surface area (Å²) in [5.41, 5.74) is 1.14. The lowest BCUT2D eigenvalue weighted by Gasteiger charge is -2.32. The van der Waals surface area contributed by atoms with Crippen molar-refractivity contribution in [2.45, 2.75) is 51.9 Å². The van der Waals surface area contributed by atoms with Gasteiger partial charge in [-0.1, -0.05) is 13.3 Å². The third-order valence-corrected chi connectivity index (χ3v) is 7.95. The highest BCUT2D eigenvalue weighted by Gasteiger charge is 2.54. The predicted octanol–water partition coefficient (Wildman–Crippen LogP) is 2.38. The summed E-state index contributed by atoms with van der Waals surface area (Å²) in [6, 6.07) is 0. The Morgan fingerprint density at radius 2 is 1.88 bits per heavy atom. The van der Waals surface area contributed by atoms with Crippen LogP contribution in [0.3, 0.4) is 0 Å². The summed E-state index contributed by atoms with van der Waals surface area (Å²) in [4.78, 5) is 46.6. The van der Waals surface area contributed by atoms with E-state index in [2.05, 4.69) is 30.8 Å². The number of rotatable bonds is 6. The number of aryl methyl sites for hydroxylation is 2. The van der Waals surface area contributed by atoms with E-state index in [-0.39, 0.29) is 23.7 Å². The lowest BCUT2D eigenvalue weighted by atomic mass is 9.80. The average molecular weight is 465 g/mol. The molecule has 1 aliphatic carbocycles. The first-order chi connectivity index (χ1) is 15.3. The number of nitrogens with zero attached hydrogens (tertiary/aromatic N) is 4. The Hall–Kier alpha value is -2.00. The molecule has 2 amide bonds. The Bertz CT molecular complexity index is 803. The molecule has 0 bridgehead atoms. The maximum absolute atomic E-state index is 13.3. The van der Waals surface area contributed by atoms with Crippen molar-refractivity contribution in [1.29, 1.82) is 0 Å². The van der Waals surface area contributed by atoms with Crippen molar-refractivity contribution in [3.63, 3.8) is 0 Å². The molecule has 0 spiro atoms. The number of thiazole rings is 1. The third kappa shape index (κ3) is 5.31. The minimum atomic E-state index is -0.250. The van der Waals surface area contributed by atoms with Crippen LogP contribution in [0.1, 0.15) is 59.4 Å². The van der Waals surface area contributed by atoms with Gasteiger partial charge in [-0.15, -0.1) is 11.3 Å². The van der Waals surface area contributed by atoms with Crippen molar-refractivity contribution < 1.29 is 19.5 Å². The van der Waals surface area contributed by atoms with Crippen molar-refractivity contribution in [2.75, 3.05) is 46.8 Å². The van der Waals surface area contributed by atoms with Crippen LogP contribution < -0.4 is 0 Å². The van der Waals surface area contributed by atoms with Crippen LogP contribution in [0.4, 0.5) is 0 Å². The number of carbonyl (C=O) groups is 3. The highest BCUT2D eigenvalue weighted by molar-refractivity contribution is 7.13. The minimum Gasteiger partial charge on any atom is -0.483 e. The lowest BCUT2D eigenvalue weighted by molar-refractivity contribution is -0.131. The van der Waals surface area contributed by atoms with Crippen molar-refractivity contribution in [3.8, 4) is 0 Å². The Morgan fingerprint density at radius 3 is 2.53 bits per heavy atom. The van der Waals surface area contributed by atoms with Crippen molar-refractivity contribution in [2.24, 2.45) is 11.3 Å². The van der Waals surface area contributed by atoms with Crippen molar-refractivity contribution in [1.82, 2.24) is 19.7 Å². The van der Waals surface area contributed by atoms with E-state index in [1.165, 1.54) is 17.7 Å². The molecule has 0 unspecified atom stereocenters. The van der Waals surface area contributed by atoms with Crippen LogP contribution in [0.2, 0.25) is 0 Å². The Balaban J connectivity index is 0.000000913. The molecule has 2 aliphatic heterocycles. The highest BCUT2D eigenvalue weighted by Crippen LogP contribution is 2.44. The molecule has 4 rings (SSSR count). The molecule has 2 fully saturated rings. The quantitative estimate of drug-likeness (QED) is 0.650. The summed E-state index contributed by atoms with van der Waals surface area (Å²) in [7, 11) is 4.18.